The number of halogens is 1. The van der Waals surface area contributed by atoms with Gasteiger partial charge in [0.05, 0.1) is 47.5 Å². The summed E-state index contributed by atoms with van der Waals surface area (Å²) in [5.74, 6) is 0.715. The number of ether oxygens (including phenoxy) is 1. The molecule has 2 aliphatic heterocycles. The highest BCUT2D eigenvalue weighted by Crippen LogP contribution is 2.42. The molecule has 0 amide bonds. The number of H-pyrrole nitrogens is 1. The highest BCUT2D eigenvalue weighted by Gasteiger charge is 2.47. The summed E-state index contributed by atoms with van der Waals surface area (Å²) < 4.78 is 5.84. The molecule has 3 atom stereocenters. The molecule has 1 aliphatic carbocycles. The highest BCUT2D eigenvalue weighted by molar-refractivity contribution is 7.99. The number of nitrogens with two attached hydrogens (primary N) is 1. The lowest BCUT2D eigenvalue weighted by Gasteiger charge is -2.41. The fraction of sp³-hybridized carbons (Fsp3) is 0.538. The van der Waals surface area contributed by atoms with Crippen LogP contribution in [0.1, 0.15) is 43.1 Å². The van der Waals surface area contributed by atoms with Gasteiger partial charge in [0.1, 0.15) is 15.9 Å². The molecule has 39 heavy (non-hydrogen) atoms. The average molecular weight is 577 g/mol. The third kappa shape index (κ3) is 5.46. The Morgan fingerprint density at radius 2 is 2.10 bits per heavy atom. The maximum Gasteiger partial charge on any atom is 0.290 e. The fourth-order valence-corrected chi connectivity index (χ4v) is 6.95. The highest BCUT2D eigenvalue weighted by atomic mass is 35.5. The molecule has 1 spiro atoms. The van der Waals surface area contributed by atoms with E-state index in [0.717, 1.165) is 66.0 Å². The SMILES string of the molecule is C[C@@H]1OCC2(CCN(c3ncc(Sc4cc5[nH]c6c(c5nc4Cl)CC(O)CC6)nc3CO)CC2)[C@@H]1N.O=CO. The molecule has 6 N–H and O–H groups in total. The first-order chi connectivity index (χ1) is 18.8. The Kier molecular flexibility index (Phi) is 8.32. The zero-order chi connectivity index (χ0) is 27.7. The van der Waals surface area contributed by atoms with Crippen LogP contribution in [0.3, 0.4) is 0 Å². The van der Waals surface area contributed by atoms with Crippen LogP contribution in [0.2, 0.25) is 5.15 Å². The van der Waals surface area contributed by atoms with Gasteiger partial charge < -0.3 is 35.7 Å². The summed E-state index contributed by atoms with van der Waals surface area (Å²) >= 11 is 7.94. The molecule has 0 bridgehead atoms. The van der Waals surface area contributed by atoms with Gasteiger partial charge in [0.25, 0.3) is 6.47 Å². The molecule has 2 saturated heterocycles. The van der Waals surface area contributed by atoms with Gasteiger partial charge in [-0.3, -0.25) is 4.79 Å². The molecule has 3 aromatic rings. The summed E-state index contributed by atoms with van der Waals surface area (Å²) in [4.78, 5) is 28.8. The van der Waals surface area contributed by atoms with Crippen LogP contribution in [-0.2, 0) is 29.0 Å². The molecule has 1 unspecified atom stereocenters. The molecule has 13 heteroatoms. The quantitative estimate of drug-likeness (QED) is 0.228. The van der Waals surface area contributed by atoms with Gasteiger partial charge in [-0.25, -0.2) is 15.0 Å². The van der Waals surface area contributed by atoms with E-state index in [9.17, 15) is 10.2 Å². The molecule has 5 heterocycles. The number of carboxylic acid groups (broad SMARTS) is 1. The van der Waals surface area contributed by atoms with Crippen molar-refractivity contribution in [2.45, 2.75) is 73.8 Å². The Bertz CT molecular complexity index is 1350. The van der Waals surface area contributed by atoms with E-state index >= 15 is 0 Å². The first kappa shape index (κ1) is 28.1. The number of aliphatic hydroxyl groups excluding tert-OH is 2. The Hall–Kier alpha value is -2.48. The Morgan fingerprint density at radius 3 is 2.77 bits per heavy atom. The molecule has 0 radical (unpaired) electrons. The minimum atomic E-state index is -0.339. The molecule has 210 valence electrons. The summed E-state index contributed by atoms with van der Waals surface area (Å²) in [6, 6.07) is 2.03. The van der Waals surface area contributed by atoms with Gasteiger partial charge in [0.15, 0.2) is 5.82 Å². The molecule has 3 aromatic heterocycles. The minimum absolute atomic E-state index is 0.0238. The number of nitrogens with one attached hydrogen (secondary N) is 1. The molecular formula is C26H33ClN6O5S. The van der Waals surface area contributed by atoms with Gasteiger partial charge >= 0.3 is 0 Å². The van der Waals surface area contributed by atoms with E-state index in [1.165, 1.54) is 11.8 Å². The Morgan fingerprint density at radius 1 is 1.36 bits per heavy atom. The number of hydrogen-bond donors (Lipinski definition) is 5. The molecule has 0 saturated carbocycles. The number of fused-ring (bicyclic) bond motifs is 3. The lowest BCUT2D eigenvalue weighted by Crippen LogP contribution is -2.51. The number of pyridine rings is 1. The van der Waals surface area contributed by atoms with Crippen LogP contribution in [0.25, 0.3) is 11.0 Å². The van der Waals surface area contributed by atoms with E-state index in [-0.39, 0.29) is 36.7 Å². The van der Waals surface area contributed by atoms with Gasteiger partial charge in [0, 0.05) is 42.2 Å². The Labute approximate surface area is 235 Å². The van der Waals surface area contributed by atoms with Crippen molar-refractivity contribution in [2.75, 3.05) is 24.6 Å². The van der Waals surface area contributed by atoms with Gasteiger partial charge in [-0.05, 0) is 38.7 Å². The van der Waals surface area contributed by atoms with Crippen molar-refractivity contribution in [3.63, 3.8) is 0 Å². The van der Waals surface area contributed by atoms with E-state index < -0.39 is 0 Å². The average Bonchev–Trinajstić information content (AvgIpc) is 3.41. The number of anilines is 1. The number of nitrogens with zero attached hydrogens (tertiary/aromatic N) is 4. The zero-order valence-electron chi connectivity index (χ0n) is 21.6. The summed E-state index contributed by atoms with van der Waals surface area (Å²) in [6.45, 7) is 3.91. The smallest absolute Gasteiger partial charge is 0.290 e. The number of aryl methyl sites for hydroxylation is 1. The van der Waals surface area contributed by atoms with Crippen LogP contribution in [0.4, 0.5) is 5.82 Å². The monoisotopic (exact) mass is 576 g/mol. The second kappa shape index (κ2) is 11.6. The van der Waals surface area contributed by atoms with Crippen LogP contribution in [0.5, 0.6) is 0 Å². The summed E-state index contributed by atoms with van der Waals surface area (Å²) in [5.41, 5.74) is 10.9. The van der Waals surface area contributed by atoms with Crippen molar-refractivity contribution in [2.24, 2.45) is 11.1 Å². The van der Waals surface area contributed by atoms with Crippen LogP contribution in [-0.4, -0.2) is 79.7 Å². The third-order valence-electron chi connectivity index (χ3n) is 8.12. The number of aromatic nitrogens is 4. The first-order valence-corrected chi connectivity index (χ1v) is 14.2. The summed E-state index contributed by atoms with van der Waals surface area (Å²) in [6.07, 6.45) is 5.48. The van der Waals surface area contributed by atoms with Crippen molar-refractivity contribution in [1.82, 2.24) is 19.9 Å². The topological polar surface area (TPSA) is 171 Å². The molecule has 6 rings (SSSR count). The molecule has 0 aromatic carbocycles. The molecule has 2 fully saturated rings. The number of aliphatic hydroxyl groups is 2. The number of hydrogen-bond acceptors (Lipinski definition) is 10. The predicted molar refractivity (Wildman–Crippen MR) is 147 cm³/mol. The van der Waals surface area contributed by atoms with Crippen molar-refractivity contribution in [3.8, 4) is 0 Å². The van der Waals surface area contributed by atoms with E-state index in [4.69, 9.17) is 41.9 Å². The molecule has 11 nitrogen and oxygen atoms in total. The largest absolute Gasteiger partial charge is 0.483 e. The van der Waals surface area contributed by atoms with Crippen molar-refractivity contribution in [1.29, 1.82) is 0 Å². The number of rotatable bonds is 4. The van der Waals surface area contributed by atoms with Gasteiger partial charge in [-0.1, -0.05) is 23.4 Å². The van der Waals surface area contributed by atoms with E-state index in [2.05, 4.69) is 14.9 Å². The Balaban J connectivity index is 0.000000983. The van der Waals surface area contributed by atoms with Crippen molar-refractivity contribution >= 4 is 46.7 Å². The number of aromatic amines is 1. The second-order valence-electron chi connectivity index (χ2n) is 10.4. The third-order valence-corrected chi connectivity index (χ3v) is 9.45. The predicted octanol–water partition coefficient (Wildman–Crippen LogP) is 2.53. The number of piperidine rings is 1. The number of carbonyl (C=O) groups is 1. The van der Waals surface area contributed by atoms with Crippen LogP contribution >= 0.6 is 23.4 Å². The maximum atomic E-state index is 10.1. The van der Waals surface area contributed by atoms with Crippen molar-refractivity contribution in [3.05, 3.63) is 34.4 Å². The summed E-state index contributed by atoms with van der Waals surface area (Å²) in [7, 11) is 0. The maximum absolute atomic E-state index is 10.1. The van der Waals surface area contributed by atoms with Crippen LogP contribution in [0, 0.1) is 5.41 Å². The second-order valence-corrected chi connectivity index (χ2v) is 11.8. The fourth-order valence-electron chi connectivity index (χ4n) is 5.90. The van der Waals surface area contributed by atoms with E-state index in [0.29, 0.717) is 34.7 Å². The van der Waals surface area contributed by atoms with Crippen LogP contribution in [0.15, 0.2) is 22.2 Å². The van der Waals surface area contributed by atoms with Crippen LogP contribution < -0.4 is 10.6 Å². The van der Waals surface area contributed by atoms with Gasteiger partial charge in [-0.2, -0.15) is 0 Å². The minimum Gasteiger partial charge on any atom is -0.483 e. The van der Waals surface area contributed by atoms with E-state index in [1.54, 1.807) is 6.20 Å². The summed E-state index contributed by atoms with van der Waals surface area (Å²) in [5, 5.41) is 28.1. The lowest BCUT2D eigenvalue weighted by atomic mass is 9.73. The van der Waals surface area contributed by atoms with Gasteiger partial charge in [-0.15, -0.1) is 0 Å². The first-order valence-electron chi connectivity index (χ1n) is 13.0. The standard InChI is InChI=1S/C25H31ClN6O3S.CH2O2/c1-13-22(27)25(12-35-13)4-6-32(7-5-25)24-18(11-33)30-20(10-28-24)36-19-9-17-21(31-23(19)26)15-8-14(34)2-3-16(15)29-17;2-1-3/h9-10,13-14,22,29,33-34H,2-8,11-12,27H2,1H3;1H,(H,2,3)/t13-,14?,22+;/m0./s1. The van der Waals surface area contributed by atoms with Crippen molar-refractivity contribution < 1.29 is 24.9 Å². The molecule has 3 aliphatic rings. The van der Waals surface area contributed by atoms with Gasteiger partial charge in [0.2, 0.25) is 0 Å². The lowest BCUT2D eigenvalue weighted by molar-refractivity contribution is -0.122. The molecular weight excluding hydrogens is 544 g/mol. The van der Waals surface area contributed by atoms with E-state index in [1.807, 2.05) is 13.0 Å². The normalized spacial score (nSPS) is 23.9. The zero-order valence-corrected chi connectivity index (χ0v) is 23.2.